The average molecular weight is 323 g/mol. The van der Waals surface area contributed by atoms with Crippen molar-refractivity contribution in [3.63, 3.8) is 0 Å². The highest BCUT2D eigenvalue weighted by atomic mass is 16.2. The number of rotatable bonds is 3. The molecule has 4 rings (SSSR count). The molecule has 2 aliphatic heterocycles. The summed E-state index contributed by atoms with van der Waals surface area (Å²) in [6.07, 6.45) is 2.45. The number of nitrogens with one attached hydrogen (secondary N) is 1. The number of nitrogens with zero attached hydrogens (tertiary/aromatic N) is 4. The van der Waals surface area contributed by atoms with E-state index in [2.05, 4.69) is 34.3 Å². The second-order valence-corrected chi connectivity index (χ2v) is 6.47. The Morgan fingerprint density at radius 1 is 1.17 bits per heavy atom. The van der Waals surface area contributed by atoms with Crippen LogP contribution in [-0.4, -0.2) is 34.2 Å². The smallest absolute Gasteiger partial charge is 0.245 e. The van der Waals surface area contributed by atoms with E-state index < -0.39 is 5.41 Å². The van der Waals surface area contributed by atoms with E-state index in [1.165, 1.54) is 0 Å². The second kappa shape index (κ2) is 5.54. The van der Waals surface area contributed by atoms with Crippen LogP contribution in [-0.2, 0) is 23.1 Å². The third kappa shape index (κ3) is 2.09. The van der Waals surface area contributed by atoms with E-state index in [4.69, 9.17) is 4.98 Å². The van der Waals surface area contributed by atoms with Crippen LogP contribution in [0.3, 0.4) is 0 Å². The number of aryl methyl sites for hydroxylation is 2. The fourth-order valence-corrected chi connectivity index (χ4v) is 3.82. The summed E-state index contributed by atoms with van der Waals surface area (Å²) in [5.74, 6) is 0.721. The minimum atomic E-state index is -0.490. The predicted octanol–water partition coefficient (Wildman–Crippen LogP) is 2.10. The maximum atomic E-state index is 12.7. The number of amides is 1. The molecule has 1 atom stereocenters. The summed E-state index contributed by atoms with van der Waals surface area (Å²) >= 11 is 0. The van der Waals surface area contributed by atoms with Crippen LogP contribution in [0.15, 0.2) is 24.3 Å². The van der Waals surface area contributed by atoms with Crippen LogP contribution in [0.5, 0.6) is 0 Å². The zero-order valence-corrected chi connectivity index (χ0v) is 14.0. The van der Waals surface area contributed by atoms with Gasteiger partial charge in [-0.05, 0) is 30.9 Å². The Balaban J connectivity index is 1.67. The van der Waals surface area contributed by atoms with Gasteiger partial charge in [-0.3, -0.25) is 4.79 Å². The Morgan fingerprint density at radius 2 is 1.96 bits per heavy atom. The van der Waals surface area contributed by atoms with Crippen molar-refractivity contribution in [1.82, 2.24) is 15.2 Å². The van der Waals surface area contributed by atoms with E-state index in [9.17, 15) is 4.79 Å². The molecule has 6 heteroatoms. The van der Waals surface area contributed by atoms with Gasteiger partial charge >= 0.3 is 0 Å². The lowest BCUT2D eigenvalue weighted by Crippen LogP contribution is -2.38. The number of hydrogen-bond donors (Lipinski definition) is 1. The fraction of sp³-hybridized carbons (Fsp3) is 0.444. The summed E-state index contributed by atoms with van der Waals surface area (Å²) in [5.41, 5.74) is 3.49. The van der Waals surface area contributed by atoms with Gasteiger partial charge in [-0.15, -0.1) is 5.10 Å². The van der Waals surface area contributed by atoms with Crippen molar-refractivity contribution in [2.45, 2.75) is 38.5 Å². The molecule has 0 aliphatic carbocycles. The average Bonchev–Trinajstić information content (AvgIpc) is 3.18. The summed E-state index contributed by atoms with van der Waals surface area (Å²) in [5, 5.41) is 11.7. The molecular formula is C18H21N5O. The molecule has 124 valence electrons. The van der Waals surface area contributed by atoms with Crippen molar-refractivity contribution in [2.24, 2.45) is 0 Å². The Hall–Kier alpha value is -2.50. The SMILES string of the molecule is CCc1nnc(N2CCC3(C2)C(=O)Nc2ccccc23)nc1CC. The quantitative estimate of drug-likeness (QED) is 0.936. The van der Waals surface area contributed by atoms with E-state index in [0.29, 0.717) is 12.5 Å². The van der Waals surface area contributed by atoms with Gasteiger partial charge < -0.3 is 10.2 Å². The van der Waals surface area contributed by atoms with Crippen LogP contribution in [0, 0.1) is 0 Å². The summed E-state index contributed by atoms with van der Waals surface area (Å²) < 4.78 is 0. The van der Waals surface area contributed by atoms with Gasteiger partial charge in [0.2, 0.25) is 11.9 Å². The number of aromatic nitrogens is 3. The third-order valence-electron chi connectivity index (χ3n) is 5.18. The van der Waals surface area contributed by atoms with Gasteiger partial charge in [0.15, 0.2) is 0 Å². The highest BCUT2D eigenvalue weighted by Crippen LogP contribution is 2.44. The molecular weight excluding hydrogens is 302 g/mol. The molecule has 1 aromatic heterocycles. The van der Waals surface area contributed by atoms with Crippen LogP contribution >= 0.6 is 0 Å². The lowest BCUT2D eigenvalue weighted by Gasteiger charge is -2.22. The summed E-state index contributed by atoms with van der Waals surface area (Å²) in [6.45, 7) is 5.51. The third-order valence-corrected chi connectivity index (χ3v) is 5.18. The molecule has 1 spiro atoms. The van der Waals surface area contributed by atoms with Crippen molar-refractivity contribution >= 4 is 17.5 Å². The first-order valence-electron chi connectivity index (χ1n) is 8.56. The monoisotopic (exact) mass is 323 g/mol. The molecule has 3 heterocycles. The predicted molar refractivity (Wildman–Crippen MR) is 92.2 cm³/mol. The molecule has 1 fully saturated rings. The van der Waals surface area contributed by atoms with Crippen molar-refractivity contribution in [2.75, 3.05) is 23.3 Å². The van der Waals surface area contributed by atoms with E-state index in [0.717, 1.165) is 48.4 Å². The topological polar surface area (TPSA) is 71.0 Å². The lowest BCUT2D eigenvalue weighted by molar-refractivity contribution is -0.120. The Labute approximate surface area is 141 Å². The number of carbonyl (C=O) groups excluding carboxylic acids is 1. The Kier molecular flexibility index (Phi) is 3.48. The number of anilines is 2. The standard InChI is InChI=1S/C18H21N5O/c1-3-13-14(4-2)21-22-17(20-13)23-10-9-18(11-23)12-7-5-6-8-15(12)19-16(18)24/h5-8H,3-4,9-11H2,1-2H3,(H,19,24). The van der Waals surface area contributed by atoms with Crippen LogP contribution in [0.4, 0.5) is 11.6 Å². The molecule has 2 aromatic rings. The number of hydrogen-bond acceptors (Lipinski definition) is 5. The van der Waals surface area contributed by atoms with E-state index in [-0.39, 0.29) is 5.91 Å². The zero-order chi connectivity index (χ0) is 16.7. The van der Waals surface area contributed by atoms with Gasteiger partial charge in [-0.2, -0.15) is 5.10 Å². The maximum absolute atomic E-state index is 12.7. The van der Waals surface area contributed by atoms with Crippen LogP contribution in [0.25, 0.3) is 0 Å². The molecule has 1 aromatic carbocycles. The molecule has 0 radical (unpaired) electrons. The minimum Gasteiger partial charge on any atom is -0.338 e. The normalized spacial score (nSPS) is 22.1. The number of benzene rings is 1. The molecule has 1 N–H and O–H groups in total. The van der Waals surface area contributed by atoms with Crippen molar-refractivity contribution in [3.05, 3.63) is 41.2 Å². The highest BCUT2D eigenvalue weighted by molar-refractivity contribution is 6.07. The van der Waals surface area contributed by atoms with Crippen LogP contribution < -0.4 is 10.2 Å². The molecule has 24 heavy (non-hydrogen) atoms. The Bertz CT molecular complexity index is 806. The number of fused-ring (bicyclic) bond motifs is 2. The summed E-state index contributed by atoms with van der Waals surface area (Å²) in [6, 6.07) is 7.96. The van der Waals surface area contributed by atoms with E-state index >= 15 is 0 Å². The molecule has 6 nitrogen and oxygen atoms in total. The first kappa shape index (κ1) is 15.1. The van der Waals surface area contributed by atoms with Gasteiger partial charge in [0, 0.05) is 18.8 Å². The van der Waals surface area contributed by atoms with Gasteiger partial charge in [-0.25, -0.2) is 4.98 Å². The number of carbonyl (C=O) groups is 1. The van der Waals surface area contributed by atoms with Crippen LogP contribution in [0.1, 0.15) is 37.2 Å². The molecule has 1 saturated heterocycles. The molecule has 2 aliphatic rings. The maximum Gasteiger partial charge on any atom is 0.245 e. The van der Waals surface area contributed by atoms with Gasteiger partial charge in [-0.1, -0.05) is 32.0 Å². The lowest BCUT2D eigenvalue weighted by atomic mass is 9.81. The largest absolute Gasteiger partial charge is 0.338 e. The van der Waals surface area contributed by atoms with E-state index in [1.807, 2.05) is 24.3 Å². The first-order chi connectivity index (χ1) is 11.7. The molecule has 0 bridgehead atoms. The fourth-order valence-electron chi connectivity index (χ4n) is 3.82. The number of para-hydroxylation sites is 1. The molecule has 0 saturated carbocycles. The van der Waals surface area contributed by atoms with Gasteiger partial charge in [0.25, 0.3) is 0 Å². The van der Waals surface area contributed by atoms with Gasteiger partial charge in [0.1, 0.15) is 0 Å². The van der Waals surface area contributed by atoms with Crippen LogP contribution in [0.2, 0.25) is 0 Å². The minimum absolute atomic E-state index is 0.0834. The summed E-state index contributed by atoms with van der Waals surface area (Å²) in [4.78, 5) is 19.5. The highest BCUT2D eigenvalue weighted by Gasteiger charge is 2.51. The second-order valence-electron chi connectivity index (χ2n) is 6.47. The summed E-state index contributed by atoms with van der Waals surface area (Å²) in [7, 11) is 0. The van der Waals surface area contributed by atoms with Crippen molar-refractivity contribution < 1.29 is 4.79 Å². The van der Waals surface area contributed by atoms with E-state index in [1.54, 1.807) is 0 Å². The molecule has 1 unspecified atom stereocenters. The molecule has 1 amide bonds. The van der Waals surface area contributed by atoms with Crippen molar-refractivity contribution in [3.8, 4) is 0 Å². The van der Waals surface area contributed by atoms with Gasteiger partial charge in [0.05, 0.1) is 16.8 Å². The zero-order valence-electron chi connectivity index (χ0n) is 14.0. The Morgan fingerprint density at radius 3 is 2.75 bits per heavy atom. The first-order valence-corrected chi connectivity index (χ1v) is 8.56. The van der Waals surface area contributed by atoms with Crippen molar-refractivity contribution in [1.29, 1.82) is 0 Å².